The van der Waals surface area contributed by atoms with Crippen molar-refractivity contribution in [1.82, 2.24) is 20.9 Å². The van der Waals surface area contributed by atoms with Crippen LogP contribution in [0.4, 0.5) is 4.79 Å². The van der Waals surface area contributed by atoms with Crippen molar-refractivity contribution >= 4 is 12.0 Å². The van der Waals surface area contributed by atoms with Crippen molar-refractivity contribution in [1.29, 1.82) is 0 Å². The molecule has 0 bridgehead atoms. The third-order valence-corrected chi connectivity index (χ3v) is 4.17. The Labute approximate surface area is 124 Å². The zero-order valence-corrected chi connectivity index (χ0v) is 12.4. The van der Waals surface area contributed by atoms with Gasteiger partial charge in [-0.05, 0) is 6.92 Å². The van der Waals surface area contributed by atoms with Crippen LogP contribution in [0.5, 0.6) is 0 Å². The van der Waals surface area contributed by atoms with Gasteiger partial charge in [-0.15, -0.1) is 0 Å². The Bertz CT molecular complexity index is 386. The predicted octanol–water partition coefficient (Wildman–Crippen LogP) is -1.32. The molecular formula is C13H24N4O4. The lowest BCUT2D eigenvalue weighted by molar-refractivity contribution is -0.148. The molecule has 2 aliphatic rings. The molecule has 0 aliphatic carbocycles. The van der Waals surface area contributed by atoms with Gasteiger partial charge in [0, 0.05) is 39.3 Å². The van der Waals surface area contributed by atoms with E-state index in [1.54, 1.807) is 6.92 Å². The third kappa shape index (κ3) is 4.05. The van der Waals surface area contributed by atoms with Gasteiger partial charge in [0.1, 0.15) is 5.41 Å². The van der Waals surface area contributed by atoms with E-state index in [1.807, 2.05) is 0 Å². The molecule has 120 valence electrons. The van der Waals surface area contributed by atoms with Crippen molar-refractivity contribution < 1.29 is 19.4 Å². The van der Waals surface area contributed by atoms with Crippen LogP contribution < -0.4 is 16.0 Å². The first-order valence-electron chi connectivity index (χ1n) is 7.31. The van der Waals surface area contributed by atoms with Gasteiger partial charge in [0.05, 0.1) is 19.3 Å². The molecule has 4 N–H and O–H groups in total. The van der Waals surface area contributed by atoms with E-state index < -0.39 is 17.4 Å². The third-order valence-electron chi connectivity index (χ3n) is 4.17. The van der Waals surface area contributed by atoms with Crippen LogP contribution in [-0.4, -0.2) is 80.5 Å². The normalized spacial score (nSPS) is 30.0. The number of rotatable bonds is 5. The van der Waals surface area contributed by atoms with Crippen LogP contribution in [0.25, 0.3) is 0 Å². The van der Waals surface area contributed by atoms with Gasteiger partial charge in [0.2, 0.25) is 0 Å². The largest absolute Gasteiger partial charge is 0.481 e. The molecule has 2 rings (SSSR count). The van der Waals surface area contributed by atoms with Gasteiger partial charge < -0.3 is 25.8 Å². The first-order chi connectivity index (χ1) is 10.0. The smallest absolute Gasteiger partial charge is 0.315 e. The van der Waals surface area contributed by atoms with E-state index in [0.717, 1.165) is 32.7 Å². The SMILES string of the molecule is CC1(C(=O)O)COCC1NC(=O)NCCN1CCNCC1. The van der Waals surface area contributed by atoms with E-state index in [-0.39, 0.29) is 19.2 Å². The highest BCUT2D eigenvalue weighted by Gasteiger charge is 2.47. The fourth-order valence-electron chi connectivity index (χ4n) is 2.56. The quantitative estimate of drug-likeness (QED) is 0.502. The summed E-state index contributed by atoms with van der Waals surface area (Å²) in [4.78, 5) is 25.4. The summed E-state index contributed by atoms with van der Waals surface area (Å²) >= 11 is 0. The highest BCUT2D eigenvalue weighted by atomic mass is 16.5. The Morgan fingerprint density at radius 1 is 1.43 bits per heavy atom. The second-order valence-corrected chi connectivity index (χ2v) is 5.78. The fourth-order valence-corrected chi connectivity index (χ4v) is 2.56. The van der Waals surface area contributed by atoms with Crippen LogP contribution in [-0.2, 0) is 9.53 Å². The number of ether oxygens (including phenoxy) is 1. The molecule has 0 aromatic heterocycles. The van der Waals surface area contributed by atoms with Gasteiger partial charge >= 0.3 is 12.0 Å². The van der Waals surface area contributed by atoms with Gasteiger partial charge in [-0.3, -0.25) is 9.69 Å². The highest BCUT2D eigenvalue weighted by Crippen LogP contribution is 2.28. The molecule has 2 fully saturated rings. The molecule has 8 heteroatoms. The van der Waals surface area contributed by atoms with Crippen LogP contribution in [0.15, 0.2) is 0 Å². The Balaban J connectivity index is 1.70. The Kier molecular flexibility index (Phi) is 5.38. The first-order valence-corrected chi connectivity index (χ1v) is 7.31. The average molecular weight is 300 g/mol. The number of nitrogens with zero attached hydrogens (tertiary/aromatic N) is 1. The molecule has 2 saturated heterocycles. The summed E-state index contributed by atoms with van der Waals surface area (Å²) in [7, 11) is 0. The van der Waals surface area contributed by atoms with Crippen LogP contribution in [0.2, 0.25) is 0 Å². The van der Waals surface area contributed by atoms with Crippen molar-refractivity contribution in [2.24, 2.45) is 5.41 Å². The minimum atomic E-state index is -1.06. The second kappa shape index (κ2) is 7.06. The number of urea groups is 1. The molecule has 2 aliphatic heterocycles. The van der Waals surface area contributed by atoms with E-state index in [2.05, 4.69) is 20.9 Å². The average Bonchev–Trinajstić information content (AvgIpc) is 2.83. The number of carboxylic acid groups (broad SMARTS) is 1. The molecule has 2 heterocycles. The minimum Gasteiger partial charge on any atom is -0.481 e. The van der Waals surface area contributed by atoms with Crippen molar-refractivity contribution in [2.75, 3.05) is 52.5 Å². The van der Waals surface area contributed by atoms with Crippen LogP contribution >= 0.6 is 0 Å². The molecule has 2 unspecified atom stereocenters. The van der Waals surface area contributed by atoms with Crippen molar-refractivity contribution in [3.05, 3.63) is 0 Å². The molecule has 0 radical (unpaired) electrons. The Hall–Kier alpha value is -1.38. The first kappa shape index (κ1) is 16.0. The summed E-state index contributed by atoms with van der Waals surface area (Å²) in [5.74, 6) is -0.953. The Morgan fingerprint density at radius 2 is 2.14 bits per heavy atom. The van der Waals surface area contributed by atoms with Crippen molar-refractivity contribution in [3.63, 3.8) is 0 Å². The molecular weight excluding hydrogens is 276 g/mol. The zero-order chi connectivity index (χ0) is 15.3. The number of hydrogen-bond donors (Lipinski definition) is 4. The maximum Gasteiger partial charge on any atom is 0.315 e. The topological polar surface area (TPSA) is 103 Å². The maximum absolute atomic E-state index is 11.8. The number of aliphatic carboxylic acids is 1. The predicted molar refractivity (Wildman–Crippen MR) is 76.2 cm³/mol. The number of hydrogen-bond acceptors (Lipinski definition) is 5. The maximum atomic E-state index is 11.8. The van der Waals surface area contributed by atoms with Crippen LogP contribution in [0.3, 0.4) is 0 Å². The van der Waals surface area contributed by atoms with E-state index >= 15 is 0 Å². The van der Waals surface area contributed by atoms with Crippen LogP contribution in [0, 0.1) is 5.41 Å². The van der Waals surface area contributed by atoms with E-state index in [1.165, 1.54) is 0 Å². The lowest BCUT2D eigenvalue weighted by atomic mass is 9.85. The standard InChI is InChI=1S/C13H24N4O4/c1-13(11(18)19)9-21-8-10(13)16-12(20)15-4-7-17-5-2-14-3-6-17/h10,14H,2-9H2,1H3,(H,18,19)(H2,15,16,20). The van der Waals surface area contributed by atoms with Crippen molar-refractivity contribution in [2.45, 2.75) is 13.0 Å². The number of carboxylic acids is 1. The van der Waals surface area contributed by atoms with E-state index in [0.29, 0.717) is 6.54 Å². The summed E-state index contributed by atoms with van der Waals surface area (Å²) < 4.78 is 5.20. The van der Waals surface area contributed by atoms with Gasteiger partial charge in [0.25, 0.3) is 0 Å². The monoisotopic (exact) mass is 300 g/mol. The number of carbonyl (C=O) groups is 2. The number of piperazine rings is 1. The lowest BCUT2D eigenvalue weighted by Crippen LogP contribution is -2.53. The van der Waals surface area contributed by atoms with Gasteiger partial charge in [-0.25, -0.2) is 4.79 Å². The summed E-state index contributed by atoms with van der Waals surface area (Å²) in [6.07, 6.45) is 0. The fraction of sp³-hybridized carbons (Fsp3) is 0.846. The van der Waals surface area contributed by atoms with E-state index in [4.69, 9.17) is 4.74 Å². The summed E-state index contributed by atoms with van der Waals surface area (Å²) in [6, 6.07) is -0.845. The second-order valence-electron chi connectivity index (χ2n) is 5.78. The summed E-state index contributed by atoms with van der Waals surface area (Å²) in [6.45, 7) is 7.20. The number of carbonyl (C=O) groups excluding carboxylic acids is 1. The molecule has 0 spiro atoms. The molecule has 8 nitrogen and oxygen atoms in total. The minimum absolute atomic E-state index is 0.119. The molecule has 2 amide bonds. The summed E-state index contributed by atoms with van der Waals surface area (Å²) in [5.41, 5.74) is -1.06. The molecule has 0 saturated carbocycles. The van der Waals surface area contributed by atoms with Crippen molar-refractivity contribution in [3.8, 4) is 0 Å². The van der Waals surface area contributed by atoms with Gasteiger partial charge in [0.15, 0.2) is 0 Å². The van der Waals surface area contributed by atoms with Gasteiger partial charge in [-0.1, -0.05) is 0 Å². The lowest BCUT2D eigenvalue weighted by Gasteiger charge is -2.28. The summed E-state index contributed by atoms with van der Waals surface area (Å²) in [5, 5.41) is 18.0. The molecule has 2 atom stereocenters. The number of amides is 2. The van der Waals surface area contributed by atoms with Crippen LogP contribution in [0.1, 0.15) is 6.92 Å². The molecule has 0 aromatic rings. The number of nitrogens with one attached hydrogen (secondary N) is 3. The molecule has 0 aromatic carbocycles. The van der Waals surface area contributed by atoms with E-state index in [9.17, 15) is 14.7 Å². The zero-order valence-electron chi connectivity index (χ0n) is 12.4. The van der Waals surface area contributed by atoms with Gasteiger partial charge in [-0.2, -0.15) is 0 Å². The Morgan fingerprint density at radius 3 is 2.81 bits per heavy atom. The highest BCUT2D eigenvalue weighted by molar-refractivity contribution is 5.79. The molecule has 21 heavy (non-hydrogen) atoms.